The third-order valence-electron chi connectivity index (χ3n) is 2.24. The number of nitriles is 1. The Morgan fingerprint density at radius 2 is 1.87 bits per heavy atom. The number of aryl methyl sites for hydroxylation is 2. The summed E-state index contributed by atoms with van der Waals surface area (Å²) in [5.41, 5.74) is 3.91. The van der Waals surface area contributed by atoms with Gasteiger partial charge in [-0.2, -0.15) is 5.26 Å². The lowest BCUT2D eigenvalue weighted by molar-refractivity contribution is 1.03. The van der Waals surface area contributed by atoms with Gasteiger partial charge in [0.1, 0.15) is 18.1 Å². The molecule has 1 heterocycles. The topological polar surface area (TPSA) is 41.6 Å². The van der Waals surface area contributed by atoms with Crippen molar-refractivity contribution in [1.82, 2.24) is 9.55 Å². The summed E-state index contributed by atoms with van der Waals surface area (Å²) in [7, 11) is 0. The first kappa shape index (κ1) is 9.47. The minimum atomic E-state index is 0.556. The molecule has 1 aromatic carbocycles. The highest BCUT2D eigenvalue weighted by molar-refractivity contribution is 5.42. The Balaban J connectivity index is 2.60. The van der Waals surface area contributed by atoms with E-state index >= 15 is 0 Å². The molecule has 0 bridgehead atoms. The average molecular weight is 197 g/mol. The average Bonchev–Trinajstić information content (AvgIpc) is 2.63. The monoisotopic (exact) mass is 197 g/mol. The first-order chi connectivity index (χ1) is 7.20. The van der Waals surface area contributed by atoms with Gasteiger partial charge in [0.15, 0.2) is 0 Å². The second kappa shape index (κ2) is 3.58. The van der Waals surface area contributed by atoms with Crippen molar-refractivity contribution in [2.75, 3.05) is 0 Å². The molecule has 15 heavy (non-hydrogen) atoms. The smallest absolute Gasteiger partial charge is 0.144 e. The summed E-state index contributed by atoms with van der Waals surface area (Å²) < 4.78 is 1.79. The second-order valence-electron chi connectivity index (χ2n) is 3.61. The lowest BCUT2D eigenvalue weighted by Gasteiger charge is -2.06. The van der Waals surface area contributed by atoms with E-state index in [9.17, 15) is 0 Å². The summed E-state index contributed by atoms with van der Waals surface area (Å²) in [5, 5.41) is 8.90. The van der Waals surface area contributed by atoms with Crippen molar-refractivity contribution < 1.29 is 0 Å². The first-order valence-corrected chi connectivity index (χ1v) is 4.72. The second-order valence-corrected chi connectivity index (χ2v) is 3.61. The zero-order valence-corrected chi connectivity index (χ0v) is 8.73. The number of hydrogen-bond donors (Lipinski definition) is 0. The van der Waals surface area contributed by atoms with E-state index in [-0.39, 0.29) is 0 Å². The van der Waals surface area contributed by atoms with Crippen LogP contribution in [0.15, 0.2) is 30.7 Å². The standard InChI is InChI=1S/C12H11N3/c1-9-3-10(2)5-11(4-9)15-8-14-7-12(15)6-13/h3-5,7-8H,1-2H3. The van der Waals surface area contributed by atoms with E-state index in [0.717, 1.165) is 5.69 Å². The molecule has 1 aromatic heterocycles. The molecule has 3 nitrogen and oxygen atoms in total. The van der Waals surface area contributed by atoms with Gasteiger partial charge in [0.05, 0.1) is 6.20 Å². The van der Waals surface area contributed by atoms with Crippen molar-refractivity contribution in [1.29, 1.82) is 5.26 Å². The van der Waals surface area contributed by atoms with Gasteiger partial charge in [-0.3, -0.25) is 4.57 Å². The van der Waals surface area contributed by atoms with Gasteiger partial charge in [-0.25, -0.2) is 4.98 Å². The Morgan fingerprint density at radius 1 is 1.20 bits per heavy atom. The zero-order chi connectivity index (χ0) is 10.8. The predicted molar refractivity (Wildman–Crippen MR) is 57.8 cm³/mol. The van der Waals surface area contributed by atoms with Crippen LogP contribution >= 0.6 is 0 Å². The van der Waals surface area contributed by atoms with E-state index in [1.165, 1.54) is 11.1 Å². The van der Waals surface area contributed by atoms with E-state index in [1.807, 2.05) is 26.0 Å². The van der Waals surface area contributed by atoms with Gasteiger partial charge in [-0.15, -0.1) is 0 Å². The minimum Gasteiger partial charge on any atom is -0.290 e. The third-order valence-corrected chi connectivity index (χ3v) is 2.24. The number of imidazole rings is 1. The molecule has 0 fully saturated rings. The van der Waals surface area contributed by atoms with E-state index in [1.54, 1.807) is 17.1 Å². The molecule has 3 heteroatoms. The molecule has 0 saturated heterocycles. The number of nitrogens with zero attached hydrogens (tertiary/aromatic N) is 3. The third kappa shape index (κ3) is 1.75. The van der Waals surface area contributed by atoms with E-state index in [0.29, 0.717) is 5.69 Å². The van der Waals surface area contributed by atoms with Crippen LogP contribution in [-0.4, -0.2) is 9.55 Å². The molecule has 0 amide bonds. The highest BCUT2D eigenvalue weighted by Crippen LogP contribution is 2.15. The van der Waals surface area contributed by atoms with Crippen LogP contribution in [0, 0.1) is 25.2 Å². The van der Waals surface area contributed by atoms with Crippen molar-refractivity contribution in [2.24, 2.45) is 0 Å². The molecule has 0 aliphatic heterocycles. The Kier molecular flexibility index (Phi) is 2.26. The SMILES string of the molecule is Cc1cc(C)cc(-n2cncc2C#N)c1. The van der Waals surface area contributed by atoms with E-state index in [2.05, 4.69) is 17.1 Å². The highest BCUT2D eigenvalue weighted by Gasteiger charge is 2.03. The molecule has 0 unspecified atom stereocenters. The van der Waals surface area contributed by atoms with Crippen LogP contribution in [0.3, 0.4) is 0 Å². The normalized spacial score (nSPS) is 9.93. The molecular weight excluding hydrogens is 186 g/mol. The fourth-order valence-electron chi connectivity index (χ4n) is 1.67. The highest BCUT2D eigenvalue weighted by atomic mass is 15.0. The fourth-order valence-corrected chi connectivity index (χ4v) is 1.67. The molecule has 2 rings (SSSR count). The Hall–Kier alpha value is -2.08. The van der Waals surface area contributed by atoms with Crippen molar-refractivity contribution >= 4 is 0 Å². The molecular formula is C12H11N3. The van der Waals surface area contributed by atoms with Crippen LogP contribution in [0.4, 0.5) is 0 Å². The lowest BCUT2D eigenvalue weighted by atomic mass is 10.1. The summed E-state index contributed by atoms with van der Waals surface area (Å²) >= 11 is 0. The van der Waals surface area contributed by atoms with Crippen LogP contribution in [-0.2, 0) is 0 Å². The van der Waals surface area contributed by atoms with Gasteiger partial charge in [-0.05, 0) is 37.1 Å². The molecule has 0 radical (unpaired) electrons. The van der Waals surface area contributed by atoms with Crippen molar-refractivity contribution in [3.63, 3.8) is 0 Å². The summed E-state index contributed by atoms with van der Waals surface area (Å²) in [5.74, 6) is 0. The molecule has 74 valence electrons. The fraction of sp³-hybridized carbons (Fsp3) is 0.167. The summed E-state index contributed by atoms with van der Waals surface area (Å²) in [6.07, 6.45) is 3.23. The Morgan fingerprint density at radius 3 is 2.47 bits per heavy atom. The number of aromatic nitrogens is 2. The molecule has 0 atom stereocenters. The van der Waals surface area contributed by atoms with Crippen molar-refractivity contribution in [3.8, 4) is 11.8 Å². The predicted octanol–water partition coefficient (Wildman–Crippen LogP) is 2.36. The van der Waals surface area contributed by atoms with Crippen molar-refractivity contribution in [2.45, 2.75) is 13.8 Å². The summed E-state index contributed by atoms with van der Waals surface area (Å²) in [4.78, 5) is 3.97. The van der Waals surface area contributed by atoms with E-state index < -0.39 is 0 Å². The molecule has 0 saturated carbocycles. The Bertz CT molecular complexity index is 512. The number of benzene rings is 1. The summed E-state index contributed by atoms with van der Waals surface area (Å²) in [6.45, 7) is 4.08. The molecule has 2 aromatic rings. The molecule has 0 spiro atoms. The van der Waals surface area contributed by atoms with Gasteiger partial charge < -0.3 is 0 Å². The maximum Gasteiger partial charge on any atom is 0.144 e. The molecule has 0 N–H and O–H groups in total. The van der Waals surface area contributed by atoms with Crippen LogP contribution in [0.5, 0.6) is 0 Å². The van der Waals surface area contributed by atoms with Crippen LogP contribution in [0.1, 0.15) is 16.8 Å². The van der Waals surface area contributed by atoms with E-state index in [4.69, 9.17) is 5.26 Å². The number of hydrogen-bond acceptors (Lipinski definition) is 2. The lowest BCUT2D eigenvalue weighted by Crippen LogP contribution is -1.96. The van der Waals surface area contributed by atoms with Crippen LogP contribution in [0.25, 0.3) is 5.69 Å². The first-order valence-electron chi connectivity index (χ1n) is 4.72. The van der Waals surface area contributed by atoms with Gasteiger partial charge in [0.2, 0.25) is 0 Å². The van der Waals surface area contributed by atoms with Gasteiger partial charge in [-0.1, -0.05) is 6.07 Å². The largest absolute Gasteiger partial charge is 0.290 e. The maximum atomic E-state index is 8.90. The van der Waals surface area contributed by atoms with Crippen molar-refractivity contribution in [3.05, 3.63) is 47.5 Å². The van der Waals surface area contributed by atoms with Gasteiger partial charge in [0.25, 0.3) is 0 Å². The van der Waals surface area contributed by atoms with Gasteiger partial charge >= 0.3 is 0 Å². The maximum absolute atomic E-state index is 8.90. The minimum absolute atomic E-state index is 0.556. The quantitative estimate of drug-likeness (QED) is 0.704. The summed E-state index contributed by atoms with van der Waals surface area (Å²) in [6, 6.07) is 8.29. The molecule has 0 aliphatic carbocycles. The number of rotatable bonds is 1. The Labute approximate surface area is 88.6 Å². The van der Waals surface area contributed by atoms with Gasteiger partial charge in [0, 0.05) is 5.69 Å². The molecule has 0 aliphatic rings. The zero-order valence-electron chi connectivity index (χ0n) is 8.73. The van der Waals surface area contributed by atoms with Crippen LogP contribution < -0.4 is 0 Å². The van der Waals surface area contributed by atoms with Crippen LogP contribution in [0.2, 0.25) is 0 Å².